The maximum atomic E-state index is 13.5. The highest BCUT2D eigenvalue weighted by atomic mass is 19.1. The number of nitrogens with one attached hydrogen (secondary N) is 2. The highest BCUT2D eigenvalue weighted by Gasteiger charge is 2.48. The Hall–Kier alpha value is -2.49. The molecule has 1 aromatic heterocycles. The number of aromatic nitrogens is 2. The molecule has 2 aromatic rings. The molecule has 156 valence electrons. The molecule has 0 radical (unpaired) electrons. The van der Waals surface area contributed by atoms with Crippen LogP contribution in [0, 0.1) is 5.82 Å². The lowest BCUT2D eigenvalue weighted by molar-refractivity contribution is -0.0145. The smallest absolute Gasteiger partial charge is 0.254 e. The van der Waals surface area contributed by atoms with Gasteiger partial charge in [0.15, 0.2) is 0 Å². The van der Waals surface area contributed by atoms with Gasteiger partial charge in [0.25, 0.3) is 5.91 Å². The number of rotatable bonds is 5. The SMILES string of the molecule is O=C(N[C@@H]1C[C@@H](Oc2cccc(F)c2)[C@H](O)[C@H]1N1CCC(O)CC1)c1cn[nH]c1. The molecule has 1 aromatic carbocycles. The molecule has 1 amide bonds. The number of aliphatic hydroxyl groups is 2. The normalized spacial score (nSPS) is 28.4. The molecule has 29 heavy (non-hydrogen) atoms. The molecule has 9 heteroatoms. The standard InChI is InChI=1S/C20H25FN4O4/c21-13-2-1-3-15(8-13)29-17-9-16(24-20(28)12-10-22-23-11-12)18(19(17)27)25-6-4-14(26)5-7-25/h1-3,8,10-11,14,16-19,26-27H,4-7,9H2,(H,22,23)(H,24,28)/t16-,17-,18+,19+/m1/s1. The second-order valence-electron chi connectivity index (χ2n) is 7.66. The summed E-state index contributed by atoms with van der Waals surface area (Å²) >= 11 is 0. The van der Waals surface area contributed by atoms with E-state index in [1.165, 1.54) is 24.5 Å². The number of piperidine rings is 1. The second-order valence-corrected chi connectivity index (χ2v) is 7.66. The summed E-state index contributed by atoms with van der Waals surface area (Å²) in [7, 11) is 0. The van der Waals surface area contributed by atoms with Crippen LogP contribution in [0.3, 0.4) is 0 Å². The van der Waals surface area contributed by atoms with E-state index in [2.05, 4.69) is 20.4 Å². The maximum absolute atomic E-state index is 13.5. The van der Waals surface area contributed by atoms with Gasteiger partial charge in [0.1, 0.15) is 23.8 Å². The first-order valence-corrected chi connectivity index (χ1v) is 9.83. The van der Waals surface area contributed by atoms with E-state index in [1.54, 1.807) is 12.1 Å². The van der Waals surface area contributed by atoms with E-state index in [9.17, 15) is 19.4 Å². The van der Waals surface area contributed by atoms with Crippen molar-refractivity contribution in [1.29, 1.82) is 0 Å². The van der Waals surface area contributed by atoms with Crippen LogP contribution in [0.4, 0.5) is 4.39 Å². The van der Waals surface area contributed by atoms with Crippen LogP contribution in [0.1, 0.15) is 29.6 Å². The molecule has 2 heterocycles. The van der Waals surface area contributed by atoms with Gasteiger partial charge in [0.2, 0.25) is 0 Å². The molecular formula is C20H25FN4O4. The number of ether oxygens (including phenoxy) is 1. The van der Waals surface area contributed by atoms with Gasteiger partial charge in [0, 0.05) is 31.8 Å². The molecule has 2 aliphatic rings. The van der Waals surface area contributed by atoms with E-state index < -0.39 is 18.0 Å². The van der Waals surface area contributed by atoms with Gasteiger partial charge in [0.05, 0.1) is 29.9 Å². The largest absolute Gasteiger partial charge is 0.487 e. The molecule has 0 unspecified atom stereocenters. The number of H-pyrrole nitrogens is 1. The Balaban J connectivity index is 1.52. The lowest BCUT2D eigenvalue weighted by Crippen LogP contribution is -2.55. The van der Waals surface area contributed by atoms with E-state index in [4.69, 9.17) is 4.74 Å². The van der Waals surface area contributed by atoms with E-state index in [0.29, 0.717) is 43.7 Å². The summed E-state index contributed by atoms with van der Waals surface area (Å²) in [6.07, 6.45) is 2.74. The first kappa shape index (κ1) is 19.8. The van der Waals surface area contributed by atoms with Crippen molar-refractivity contribution >= 4 is 5.91 Å². The molecule has 4 rings (SSSR count). The van der Waals surface area contributed by atoms with E-state index in [0.717, 1.165) is 0 Å². The molecule has 4 N–H and O–H groups in total. The average Bonchev–Trinajstić information content (AvgIpc) is 3.32. The summed E-state index contributed by atoms with van der Waals surface area (Å²) in [6, 6.07) is 5.06. The summed E-state index contributed by atoms with van der Waals surface area (Å²) in [4.78, 5) is 14.6. The highest BCUT2D eigenvalue weighted by molar-refractivity contribution is 5.93. The lowest BCUT2D eigenvalue weighted by Gasteiger charge is -2.38. The molecule has 0 spiro atoms. The van der Waals surface area contributed by atoms with E-state index in [1.807, 2.05) is 0 Å². The van der Waals surface area contributed by atoms with Gasteiger partial charge in [-0.05, 0) is 25.0 Å². The summed E-state index contributed by atoms with van der Waals surface area (Å²) in [5.41, 5.74) is 0.404. The van der Waals surface area contributed by atoms with Crippen LogP contribution in [0.15, 0.2) is 36.7 Å². The van der Waals surface area contributed by atoms with Gasteiger partial charge in [-0.25, -0.2) is 4.39 Å². The number of halogens is 1. The summed E-state index contributed by atoms with van der Waals surface area (Å²) in [5, 5.41) is 30.2. The Labute approximate surface area is 167 Å². The third-order valence-electron chi connectivity index (χ3n) is 5.71. The monoisotopic (exact) mass is 404 g/mol. The zero-order valence-corrected chi connectivity index (χ0v) is 15.9. The molecule has 4 atom stereocenters. The fourth-order valence-electron chi connectivity index (χ4n) is 4.25. The minimum absolute atomic E-state index is 0.288. The molecule has 1 saturated carbocycles. The highest BCUT2D eigenvalue weighted by Crippen LogP contribution is 2.31. The van der Waals surface area contributed by atoms with Crippen LogP contribution in [0.5, 0.6) is 5.75 Å². The zero-order valence-electron chi connectivity index (χ0n) is 15.9. The third-order valence-corrected chi connectivity index (χ3v) is 5.71. The second kappa shape index (κ2) is 8.48. The fourth-order valence-corrected chi connectivity index (χ4v) is 4.25. The summed E-state index contributed by atoms with van der Waals surface area (Å²) < 4.78 is 19.4. The van der Waals surface area contributed by atoms with Crippen molar-refractivity contribution < 1.29 is 24.1 Å². The first-order valence-electron chi connectivity index (χ1n) is 9.83. The molecule has 1 aliphatic carbocycles. The number of aromatic amines is 1. The molecule has 1 saturated heterocycles. The van der Waals surface area contributed by atoms with Gasteiger partial charge in [-0.15, -0.1) is 0 Å². The van der Waals surface area contributed by atoms with E-state index >= 15 is 0 Å². The van der Waals surface area contributed by atoms with Crippen molar-refractivity contribution in [3.63, 3.8) is 0 Å². The minimum Gasteiger partial charge on any atom is -0.487 e. The van der Waals surface area contributed by atoms with Crippen LogP contribution in [0.2, 0.25) is 0 Å². The number of hydrogen-bond donors (Lipinski definition) is 4. The van der Waals surface area contributed by atoms with Crippen molar-refractivity contribution in [3.8, 4) is 5.75 Å². The fraction of sp³-hybridized carbons (Fsp3) is 0.500. The van der Waals surface area contributed by atoms with Crippen molar-refractivity contribution in [2.45, 2.75) is 49.7 Å². The topological polar surface area (TPSA) is 111 Å². The number of carbonyl (C=O) groups excluding carboxylic acids is 1. The number of aliphatic hydroxyl groups excluding tert-OH is 2. The molecule has 2 fully saturated rings. The van der Waals surface area contributed by atoms with Crippen molar-refractivity contribution in [1.82, 2.24) is 20.4 Å². The van der Waals surface area contributed by atoms with Crippen molar-refractivity contribution in [2.75, 3.05) is 13.1 Å². The average molecular weight is 404 g/mol. The van der Waals surface area contributed by atoms with Crippen molar-refractivity contribution in [3.05, 3.63) is 48.0 Å². The molecular weight excluding hydrogens is 379 g/mol. The van der Waals surface area contributed by atoms with Gasteiger partial charge in [-0.2, -0.15) is 5.10 Å². The van der Waals surface area contributed by atoms with Gasteiger partial charge in [-0.3, -0.25) is 14.8 Å². The van der Waals surface area contributed by atoms with Crippen LogP contribution in [-0.2, 0) is 0 Å². The van der Waals surface area contributed by atoms with Crippen LogP contribution in [0.25, 0.3) is 0 Å². The lowest BCUT2D eigenvalue weighted by atomic mass is 10.0. The number of likely N-dealkylation sites (tertiary alicyclic amines) is 1. The van der Waals surface area contributed by atoms with Crippen LogP contribution in [-0.4, -0.2) is 74.7 Å². The zero-order chi connectivity index (χ0) is 20.4. The van der Waals surface area contributed by atoms with Gasteiger partial charge in [-0.1, -0.05) is 6.07 Å². The Bertz CT molecular complexity index is 826. The first-order chi connectivity index (χ1) is 14.0. The number of carbonyl (C=O) groups is 1. The van der Waals surface area contributed by atoms with Crippen LogP contribution >= 0.6 is 0 Å². The number of amides is 1. The number of hydrogen-bond acceptors (Lipinski definition) is 6. The van der Waals surface area contributed by atoms with Gasteiger partial charge >= 0.3 is 0 Å². The Morgan fingerprint density at radius 3 is 2.79 bits per heavy atom. The quantitative estimate of drug-likeness (QED) is 0.584. The summed E-state index contributed by atoms with van der Waals surface area (Å²) in [6.45, 7) is 1.24. The molecule has 0 bridgehead atoms. The van der Waals surface area contributed by atoms with Crippen molar-refractivity contribution in [2.24, 2.45) is 0 Å². The van der Waals surface area contributed by atoms with Crippen LogP contribution < -0.4 is 10.1 Å². The number of benzene rings is 1. The maximum Gasteiger partial charge on any atom is 0.254 e. The Kier molecular flexibility index (Phi) is 5.79. The van der Waals surface area contributed by atoms with Gasteiger partial charge < -0.3 is 20.3 Å². The Morgan fingerprint density at radius 1 is 1.31 bits per heavy atom. The third kappa shape index (κ3) is 4.42. The molecule has 8 nitrogen and oxygen atoms in total. The number of nitrogens with zero attached hydrogens (tertiary/aromatic N) is 2. The summed E-state index contributed by atoms with van der Waals surface area (Å²) in [5.74, 6) is -0.366. The molecule has 1 aliphatic heterocycles. The Morgan fingerprint density at radius 2 is 2.10 bits per heavy atom. The predicted octanol–water partition coefficient (Wildman–Crippen LogP) is 0.685. The minimum atomic E-state index is -0.872. The predicted molar refractivity (Wildman–Crippen MR) is 102 cm³/mol. The van der Waals surface area contributed by atoms with E-state index in [-0.39, 0.29) is 24.1 Å².